The van der Waals surface area contributed by atoms with Crippen LogP contribution in [-0.2, 0) is 0 Å². The molecule has 1 N–H and O–H groups in total. The third-order valence-electron chi connectivity index (χ3n) is 3.09. The summed E-state index contributed by atoms with van der Waals surface area (Å²) in [5.74, 6) is 0.632. The number of nitrogens with zero attached hydrogens (tertiary/aromatic N) is 2. The molecule has 16 heavy (non-hydrogen) atoms. The highest BCUT2D eigenvalue weighted by molar-refractivity contribution is 5.55. The van der Waals surface area contributed by atoms with Gasteiger partial charge in [0.25, 0.3) is 0 Å². The molecule has 1 heterocycles. The first kappa shape index (κ1) is 12.8. The van der Waals surface area contributed by atoms with Gasteiger partial charge in [-0.1, -0.05) is 13.8 Å². The van der Waals surface area contributed by atoms with E-state index in [2.05, 4.69) is 56.0 Å². The molecule has 0 aliphatic rings. The average molecular weight is 221 g/mol. The molecule has 1 unspecified atom stereocenters. The zero-order valence-electron chi connectivity index (χ0n) is 11.0. The van der Waals surface area contributed by atoms with Crippen molar-refractivity contribution in [2.24, 2.45) is 5.92 Å². The smallest absolute Gasteiger partial charge is 0.0573 e. The highest BCUT2D eigenvalue weighted by atomic mass is 15.1. The summed E-state index contributed by atoms with van der Waals surface area (Å²) in [6.07, 6.45) is 3.78. The summed E-state index contributed by atoms with van der Waals surface area (Å²) in [5.41, 5.74) is 2.25. The lowest BCUT2D eigenvalue weighted by Gasteiger charge is -2.30. The van der Waals surface area contributed by atoms with E-state index in [4.69, 9.17) is 0 Å². The normalized spacial score (nSPS) is 12.6. The highest BCUT2D eigenvalue weighted by Crippen LogP contribution is 2.21. The molecule has 0 radical (unpaired) electrons. The van der Waals surface area contributed by atoms with E-state index in [9.17, 15) is 0 Å². The minimum absolute atomic E-state index is 0.513. The third kappa shape index (κ3) is 3.12. The van der Waals surface area contributed by atoms with Gasteiger partial charge in [-0.15, -0.1) is 0 Å². The van der Waals surface area contributed by atoms with Crippen LogP contribution in [0.15, 0.2) is 18.5 Å². The fourth-order valence-corrected chi connectivity index (χ4v) is 1.60. The first-order valence-electron chi connectivity index (χ1n) is 5.98. The summed E-state index contributed by atoms with van der Waals surface area (Å²) in [6, 6.07) is 2.66. The number of pyridine rings is 1. The Morgan fingerprint density at radius 2 is 2.00 bits per heavy atom. The fourth-order valence-electron chi connectivity index (χ4n) is 1.60. The quantitative estimate of drug-likeness (QED) is 0.828. The molecule has 0 bridgehead atoms. The van der Waals surface area contributed by atoms with E-state index in [0.29, 0.717) is 12.0 Å². The number of hydrogen-bond donors (Lipinski definition) is 1. The number of rotatable bonds is 5. The van der Waals surface area contributed by atoms with Gasteiger partial charge < -0.3 is 10.2 Å². The number of nitrogens with one attached hydrogen (secondary N) is 1. The van der Waals surface area contributed by atoms with Crippen LogP contribution in [-0.4, -0.2) is 24.6 Å². The second kappa shape index (κ2) is 5.73. The Labute approximate surface area is 98.9 Å². The van der Waals surface area contributed by atoms with Gasteiger partial charge >= 0.3 is 0 Å². The number of aromatic nitrogens is 1. The minimum atomic E-state index is 0.513. The molecular weight excluding hydrogens is 198 g/mol. The van der Waals surface area contributed by atoms with Crippen molar-refractivity contribution in [2.45, 2.75) is 33.7 Å². The average Bonchev–Trinajstić information content (AvgIpc) is 2.28. The molecule has 1 aromatic heterocycles. The van der Waals surface area contributed by atoms with E-state index in [1.165, 1.54) is 5.69 Å². The summed E-state index contributed by atoms with van der Waals surface area (Å²) in [7, 11) is 2.12. The molecule has 0 aliphatic heterocycles. The maximum atomic E-state index is 4.26. The van der Waals surface area contributed by atoms with Crippen molar-refractivity contribution in [3.8, 4) is 0 Å². The van der Waals surface area contributed by atoms with E-state index in [-0.39, 0.29) is 0 Å². The topological polar surface area (TPSA) is 28.2 Å². The molecule has 3 nitrogen and oxygen atoms in total. The fraction of sp³-hybridized carbons (Fsp3) is 0.615. The molecule has 0 aliphatic carbocycles. The van der Waals surface area contributed by atoms with Crippen LogP contribution in [0.3, 0.4) is 0 Å². The second-order valence-electron chi connectivity index (χ2n) is 4.56. The predicted molar refractivity (Wildman–Crippen MR) is 71.1 cm³/mol. The third-order valence-corrected chi connectivity index (χ3v) is 3.09. The van der Waals surface area contributed by atoms with Gasteiger partial charge in [-0.05, 0) is 25.8 Å². The summed E-state index contributed by atoms with van der Waals surface area (Å²) in [5, 5.41) is 3.28. The van der Waals surface area contributed by atoms with Gasteiger partial charge in [0.05, 0.1) is 23.8 Å². The van der Waals surface area contributed by atoms with Gasteiger partial charge in [0, 0.05) is 19.6 Å². The van der Waals surface area contributed by atoms with E-state index in [0.717, 1.165) is 12.2 Å². The van der Waals surface area contributed by atoms with E-state index < -0.39 is 0 Å². The Bertz CT molecular complexity index is 323. The van der Waals surface area contributed by atoms with Gasteiger partial charge in [0.15, 0.2) is 0 Å². The van der Waals surface area contributed by atoms with Crippen molar-refractivity contribution >= 4 is 11.4 Å². The Hall–Kier alpha value is -1.25. The van der Waals surface area contributed by atoms with Gasteiger partial charge in [0.2, 0.25) is 0 Å². The molecule has 0 saturated carbocycles. The molecule has 0 amide bonds. The summed E-state index contributed by atoms with van der Waals surface area (Å²) < 4.78 is 0. The second-order valence-corrected chi connectivity index (χ2v) is 4.56. The molecule has 1 aromatic rings. The van der Waals surface area contributed by atoms with Crippen LogP contribution in [0.2, 0.25) is 0 Å². The molecule has 3 heteroatoms. The van der Waals surface area contributed by atoms with E-state index >= 15 is 0 Å². The maximum Gasteiger partial charge on any atom is 0.0573 e. The van der Waals surface area contributed by atoms with Crippen molar-refractivity contribution in [3.63, 3.8) is 0 Å². The lowest BCUT2D eigenvalue weighted by molar-refractivity contribution is 0.505. The molecule has 0 aromatic carbocycles. The SMILES string of the molecule is CCNc1cncc(N(C)C(C)C(C)C)c1. The van der Waals surface area contributed by atoms with Crippen LogP contribution in [0.25, 0.3) is 0 Å². The van der Waals surface area contributed by atoms with Crippen LogP contribution in [0.5, 0.6) is 0 Å². The highest BCUT2D eigenvalue weighted by Gasteiger charge is 2.13. The van der Waals surface area contributed by atoms with E-state index in [1.807, 2.05) is 12.4 Å². The predicted octanol–water partition coefficient (Wildman–Crippen LogP) is 2.99. The van der Waals surface area contributed by atoms with Crippen LogP contribution in [0.4, 0.5) is 11.4 Å². The van der Waals surface area contributed by atoms with Crippen molar-refractivity contribution in [1.29, 1.82) is 0 Å². The van der Waals surface area contributed by atoms with E-state index in [1.54, 1.807) is 0 Å². The molecular formula is C13H23N3. The molecule has 1 rings (SSSR count). The van der Waals surface area contributed by atoms with Crippen molar-refractivity contribution in [3.05, 3.63) is 18.5 Å². The number of hydrogen-bond acceptors (Lipinski definition) is 3. The standard InChI is InChI=1S/C13H23N3/c1-6-15-12-7-13(9-14-8-12)16(5)11(4)10(2)3/h7-11,15H,6H2,1-5H3. The van der Waals surface area contributed by atoms with Crippen LogP contribution >= 0.6 is 0 Å². The van der Waals surface area contributed by atoms with Crippen molar-refractivity contribution in [2.75, 3.05) is 23.8 Å². The molecule has 0 saturated heterocycles. The summed E-state index contributed by atoms with van der Waals surface area (Å²) in [6.45, 7) is 9.73. The Kier molecular flexibility index (Phi) is 4.59. The van der Waals surface area contributed by atoms with Gasteiger partial charge in [-0.25, -0.2) is 0 Å². The van der Waals surface area contributed by atoms with Crippen LogP contribution < -0.4 is 10.2 Å². The lowest BCUT2D eigenvalue weighted by Crippen LogP contribution is -2.33. The van der Waals surface area contributed by atoms with Crippen molar-refractivity contribution in [1.82, 2.24) is 4.98 Å². The number of anilines is 2. The first-order chi connectivity index (χ1) is 7.56. The van der Waals surface area contributed by atoms with Gasteiger partial charge in [0.1, 0.15) is 0 Å². The zero-order chi connectivity index (χ0) is 12.1. The van der Waals surface area contributed by atoms with Crippen molar-refractivity contribution < 1.29 is 0 Å². The lowest BCUT2D eigenvalue weighted by atomic mass is 10.0. The minimum Gasteiger partial charge on any atom is -0.384 e. The maximum absolute atomic E-state index is 4.26. The Balaban J connectivity index is 2.82. The zero-order valence-corrected chi connectivity index (χ0v) is 11.0. The monoisotopic (exact) mass is 221 g/mol. The molecule has 1 atom stereocenters. The first-order valence-corrected chi connectivity index (χ1v) is 5.98. The molecule has 0 spiro atoms. The van der Waals surface area contributed by atoms with Gasteiger partial charge in [-0.2, -0.15) is 0 Å². The molecule has 90 valence electrons. The van der Waals surface area contributed by atoms with Gasteiger partial charge in [-0.3, -0.25) is 4.98 Å². The largest absolute Gasteiger partial charge is 0.384 e. The molecule has 0 fully saturated rings. The Morgan fingerprint density at radius 1 is 1.31 bits per heavy atom. The van der Waals surface area contributed by atoms with Crippen LogP contribution in [0.1, 0.15) is 27.7 Å². The summed E-state index contributed by atoms with van der Waals surface area (Å²) >= 11 is 0. The summed E-state index contributed by atoms with van der Waals surface area (Å²) in [4.78, 5) is 6.54. The Morgan fingerprint density at radius 3 is 2.56 bits per heavy atom. The van der Waals surface area contributed by atoms with Crippen LogP contribution in [0, 0.1) is 5.92 Å².